The zero-order valence-electron chi connectivity index (χ0n) is 7.30. The van der Waals surface area contributed by atoms with E-state index in [1.165, 1.54) is 20.1 Å². The maximum atomic E-state index is 5.80. The lowest BCUT2D eigenvalue weighted by Gasteiger charge is -2.02. The summed E-state index contributed by atoms with van der Waals surface area (Å²) in [5.74, 6) is 0. The van der Waals surface area contributed by atoms with Crippen LogP contribution in [0.5, 0.6) is 0 Å². The van der Waals surface area contributed by atoms with Gasteiger partial charge in [-0.1, -0.05) is 6.92 Å². The minimum absolute atomic E-state index is 0.860. The summed E-state index contributed by atoms with van der Waals surface area (Å²) in [4.78, 5) is 0. The molecular weight excluding hydrogens is 246 g/mol. The Morgan fingerprint density at radius 1 is 1.46 bits per heavy atom. The molecule has 3 heteroatoms. The van der Waals surface area contributed by atoms with E-state index in [4.69, 9.17) is 5.73 Å². The van der Waals surface area contributed by atoms with Crippen LogP contribution in [-0.2, 0) is 6.42 Å². The van der Waals surface area contributed by atoms with E-state index in [0.717, 1.165) is 12.1 Å². The standard InChI is InChI=1S/C10H10BrNS/c1-2-6-3-7(12)4-9-10(6)8(11)5-13-9/h3-5H,2,12H2,1H3. The van der Waals surface area contributed by atoms with Crippen molar-refractivity contribution in [1.82, 2.24) is 0 Å². The van der Waals surface area contributed by atoms with E-state index in [0.29, 0.717) is 0 Å². The van der Waals surface area contributed by atoms with Gasteiger partial charge < -0.3 is 5.73 Å². The molecule has 2 N–H and O–H groups in total. The number of fused-ring (bicyclic) bond motifs is 1. The first-order valence-corrected chi connectivity index (χ1v) is 5.84. The largest absolute Gasteiger partial charge is 0.399 e. The molecule has 0 bridgehead atoms. The summed E-state index contributed by atoms with van der Waals surface area (Å²) in [5.41, 5.74) is 7.98. The van der Waals surface area contributed by atoms with Crippen molar-refractivity contribution >= 4 is 43.0 Å². The summed E-state index contributed by atoms with van der Waals surface area (Å²) in [6, 6.07) is 4.09. The minimum atomic E-state index is 0.860. The lowest BCUT2D eigenvalue weighted by Crippen LogP contribution is -1.88. The Balaban J connectivity index is 2.85. The quantitative estimate of drug-likeness (QED) is 0.771. The average Bonchev–Trinajstić information content (AvgIpc) is 2.46. The molecule has 0 aliphatic carbocycles. The van der Waals surface area contributed by atoms with Crippen molar-refractivity contribution in [3.63, 3.8) is 0 Å². The predicted molar refractivity (Wildman–Crippen MR) is 63.3 cm³/mol. The van der Waals surface area contributed by atoms with Crippen molar-refractivity contribution in [2.45, 2.75) is 13.3 Å². The van der Waals surface area contributed by atoms with Gasteiger partial charge >= 0.3 is 0 Å². The summed E-state index contributed by atoms with van der Waals surface area (Å²) in [7, 11) is 0. The molecule has 0 atom stereocenters. The molecule has 2 aromatic rings. The lowest BCUT2D eigenvalue weighted by molar-refractivity contribution is 1.16. The smallest absolute Gasteiger partial charge is 0.0377 e. The Morgan fingerprint density at radius 3 is 2.92 bits per heavy atom. The van der Waals surface area contributed by atoms with Gasteiger partial charge in [-0.25, -0.2) is 0 Å². The Labute approximate surface area is 89.7 Å². The van der Waals surface area contributed by atoms with Crippen molar-refractivity contribution in [2.75, 3.05) is 5.73 Å². The highest BCUT2D eigenvalue weighted by atomic mass is 79.9. The van der Waals surface area contributed by atoms with E-state index < -0.39 is 0 Å². The van der Waals surface area contributed by atoms with Gasteiger partial charge in [0.25, 0.3) is 0 Å². The molecule has 0 aliphatic heterocycles. The van der Waals surface area contributed by atoms with E-state index in [2.05, 4.69) is 34.3 Å². The molecule has 0 fully saturated rings. The number of aryl methyl sites for hydroxylation is 1. The Morgan fingerprint density at radius 2 is 2.23 bits per heavy atom. The molecular formula is C10H10BrNS. The Kier molecular flexibility index (Phi) is 2.30. The maximum absolute atomic E-state index is 5.80. The van der Waals surface area contributed by atoms with Crippen LogP contribution in [0.2, 0.25) is 0 Å². The zero-order valence-corrected chi connectivity index (χ0v) is 9.71. The fourth-order valence-electron chi connectivity index (χ4n) is 1.51. The maximum Gasteiger partial charge on any atom is 0.0377 e. The second kappa shape index (κ2) is 3.31. The molecule has 1 heterocycles. The summed E-state index contributed by atoms with van der Waals surface area (Å²) in [5, 5.41) is 3.44. The molecule has 1 nitrogen and oxygen atoms in total. The predicted octanol–water partition coefficient (Wildman–Crippen LogP) is 3.81. The molecule has 1 aromatic heterocycles. The number of hydrogen-bond donors (Lipinski definition) is 1. The van der Waals surface area contributed by atoms with Crippen molar-refractivity contribution in [2.24, 2.45) is 0 Å². The van der Waals surface area contributed by atoms with E-state index in [-0.39, 0.29) is 0 Å². The third-order valence-electron chi connectivity index (χ3n) is 2.12. The van der Waals surface area contributed by atoms with Crippen LogP contribution in [0.15, 0.2) is 22.0 Å². The van der Waals surface area contributed by atoms with Gasteiger partial charge in [-0.05, 0) is 40.0 Å². The van der Waals surface area contributed by atoms with Crippen molar-refractivity contribution in [3.8, 4) is 0 Å². The zero-order chi connectivity index (χ0) is 9.42. The van der Waals surface area contributed by atoms with Gasteiger partial charge in [-0.3, -0.25) is 0 Å². The van der Waals surface area contributed by atoms with E-state index in [9.17, 15) is 0 Å². The van der Waals surface area contributed by atoms with Gasteiger partial charge in [0.1, 0.15) is 0 Å². The second-order valence-electron chi connectivity index (χ2n) is 2.99. The third kappa shape index (κ3) is 1.46. The first kappa shape index (κ1) is 9.03. The average molecular weight is 256 g/mol. The summed E-state index contributed by atoms with van der Waals surface area (Å²) >= 11 is 5.28. The lowest BCUT2D eigenvalue weighted by atomic mass is 10.1. The normalized spacial score (nSPS) is 10.9. The van der Waals surface area contributed by atoms with Crippen LogP contribution in [-0.4, -0.2) is 0 Å². The van der Waals surface area contributed by atoms with E-state index >= 15 is 0 Å². The van der Waals surface area contributed by atoms with Crippen molar-refractivity contribution in [1.29, 1.82) is 0 Å². The highest BCUT2D eigenvalue weighted by molar-refractivity contribution is 9.10. The topological polar surface area (TPSA) is 26.0 Å². The molecule has 0 aliphatic rings. The van der Waals surface area contributed by atoms with Gasteiger partial charge in [0, 0.05) is 25.6 Å². The van der Waals surface area contributed by atoms with Gasteiger partial charge in [0.15, 0.2) is 0 Å². The molecule has 1 aromatic carbocycles. The summed E-state index contributed by atoms with van der Waals surface area (Å²) < 4.78 is 2.45. The number of benzene rings is 1. The number of nitrogens with two attached hydrogens (primary N) is 1. The number of nitrogen functional groups attached to an aromatic ring is 1. The molecule has 0 unspecified atom stereocenters. The highest BCUT2D eigenvalue weighted by Gasteiger charge is 2.06. The van der Waals surface area contributed by atoms with E-state index in [1.807, 2.05) is 6.07 Å². The molecule has 2 rings (SSSR count). The first-order chi connectivity index (χ1) is 6.22. The van der Waals surface area contributed by atoms with Crippen LogP contribution in [0.25, 0.3) is 10.1 Å². The number of anilines is 1. The molecule has 68 valence electrons. The molecule has 0 saturated heterocycles. The van der Waals surface area contributed by atoms with E-state index in [1.54, 1.807) is 11.3 Å². The monoisotopic (exact) mass is 255 g/mol. The van der Waals surface area contributed by atoms with Crippen LogP contribution in [0.4, 0.5) is 5.69 Å². The second-order valence-corrected chi connectivity index (χ2v) is 4.76. The van der Waals surface area contributed by atoms with Crippen LogP contribution in [0.3, 0.4) is 0 Å². The number of thiophene rings is 1. The Bertz CT molecular complexity index is 447. The van der Waals surface area contributed by atoms with Crippen LogP contribution in [0.1, 0.15) is 12.5 Å². The fourth-order valence-corrected chi connectivity index (χ4v) is 3.30. The van der Waals surface area contributed by atoms with Crippen LogP contribution >= 0.6 is 27.3 Å². The van der Waals surface area contributed by atoms with Crippen molar-refractivity contribution in [3.05, 3.63) is 27.5 Å². The molecule has 13 heavy (non-hydrogen) atoms. The third-order valence-corrected chi connectivity index (χ3v) is 3.97. The fraction of sp³-hybridized carbons (Fsp3) is 0.200. The number of rotatable bonds is 1. The highest BCUT2D eigenvalue weighted by Crippen LogP contribution is 2.34. The van der Waals surface area contributed by atoms with Crippen LogP contribution < -0.4 is 5.73 Å². The minimum Gasteiger partial charge on any atom is -0.399 e. The summed E-state index contributed by atoms with van der Waals surface area (Å²) in [6.45, 7) is 2.15. The van der Waals surface area contributed by atoms with Gasteiger partial charge in [0.2, 0.25) is 0 Å². The molecule has 0 radical (unpaired) electrons. The van der Waals surface area contributed by atoms with Crippen molar-refractivity contribution < 1.29 is 0 Å². The van der Waals surface area contributed by atoms with Gasteiger partial charge in [-0.15, -0.1) is 11.3 Å². The number of hydrogen-bond acceptors (Lipinski definition) is 2. The number of halogens is 1. The van der Waals surface area contributed by atoms with Gasteiger partial charge in [-0.2, -0.15) is 0 Å². The van der Waals surface area contributed by atoms with Gasteiger partial charge in [0.05, 0.1) is 0 Å². The van der Waals surface area contributed by atoms with Crippen LogP contribution in [0, 0.1) is 0 Å². The molecule has 0 amide bonds. The SMILES string of the molecule is CCc1cc(N)cc2scc(Br)c12. The molecule has 0 spiro atoms. The molecule has 0 saturated carbocycles. The first-order valence-electron chi connectivity index (χ1n) is 4.17. The Hall–Kier alpha value is -0.540. The summed E-state index contributed by atoms with van der Waals surface area (Å²) in [6.07, 6.45) is 1.02.